The van der Waals surface area contributed by atoms with Gasteiger partial charge in [0.2, 0.25) is 0 Å². The molecule has 3 aliphatic heterocycles. The molecule has 0 N–H and O–H groups in total. The van der Waals surface area contributed by atoms with E-state index in [2.05, 4.69) is 31.4 Å². The van der Waals surface area contributed by atoms with Crippen LogP contribution in [0, 0.1) is 0 Å². The smallest absolute Gasteiger partial charge is 0.264 e. The van der Waals surface area contributed by atoms with Crippen LogP contribution in [0.2, 0.25) is 10.0 Å². The van der Waals surface area contributed by atoms with Crippen LogP contribution in [0.15, 0.2) is 92.7 Å². The summed E-state index contributed by atoms with van der Waals surface area (Å²) >= 11 is 15.7. The maximum Gasteiger partial charge on any atom is 0.264 e. The summed E-state index contributed by atoms with van der Waals surface area (Å²) in [5, 5.41) is 15.9. The van der Waals surface area contributed by atoms with Gasteiger partial charge in [0.15, 0.2) is 12.1 Å². The number of carbonyl (C=O) groups is 3. The number of carbonyl (C=O) groups excluding carboxylic acids is 3. The Kier molecular flexibility index (Phi) is 6.70. The van der Waals surface area contributed by atoms with Crippen molar-refractivity contribution in [3.05, 3.63) is 98.4 Å². The van der Waals surface area contributed by atoms with Crippen LogP contribution in [0.25, 0.3) is 0 Å². The minimum Gasteiger partial charge on any atom is -0.271 e. The first-order chi connectivity index (χ1) is 18.8. The van der Waals surface area contributed by atoms with Crippen LogP contribution in [0.3, 0.4) is 0 Å². The first-order valence-electron chi connectivity index (χ1n) is 12.0. The van der Waals surface area contributed by atoms with Crippen molar-refractivity contribution in [1.29, 1.82) is 0 Å². The Morgan fingerprint density at radius 1 is 0.974 bits per heavy atom. The number of benzene rings is 3. The van der Waals surface area contributed by atoms with Crippen molar-refractivity contribution in [2.75, 3.05) is 11.4 Å². The molecule has 1 saturated heterocycles. The number of amides is 3. The molecule has 3 heterocycles. The summed E-state index contributed by atoms with van der Waals surface area (Å²) in [6.45, 7) is -0.285. The fourth-order valence-corrected chi connectivity index (χ4v) is 5.71. The van der Waals surface area contributed by atoms with Gasteiger partial charge in [0.05, 0.1) is 22.5 Å². The normalized spacial score (nSPS) is 22.1. The molecule has 3 amide bonds. The number of fused-ring (bicyclic) bond motifs is 1. The van der Waals surface area contributed by atoms with E-state index in [9.17, 15) is 14.4 Å². The highest BCUT2D eigenvalue weighted by Gasteiger charge is 2.55. The van der Waals surface area contributed by atoms with Crippen LogP contribution in [0.5, 0.6) is 0 Å². The quantitative estimate of drug-likeness (QED) is 0.353. The second-order valence-electron chi connectivity index (χ2n) is 9.22. The molecule has 0 spiro atoms. The van der Waals surface area contributed by atoms with Gasteiger partial charge in [-0.1, -0.05) is 86.8 Å². The maximum atomic E-state index is 13.7. The van der Waals surface area contributed by atoms with E-state index in [1.54, 1.807) is 6.07 Å². The number of anilines is 1. The van der Waals surface area contributed by atoms with E-state index in [0.29, 0.717) is 11.4 Å². The highest BCUT2D eigenvalue weighted by molar-refractivity contribution is 9.10. The number of hydrazone groups is 1. The lowest BCUT2D eigenvalue weighted by Crippen LogP contribution is -2.44. The average molecular weight is 626 g/mol. The van der Waals surface area contributed by atoms with Crippen LogP contribution >= 0.6 is 39.1 Å². The highest BCUT2D eigenvalue weighted by Crippen LogP contribution is 2.37. The number of halogens is 3. The zero-order valence-electron chi connectivity index (χ0n) is 20.1. The molecular weight excluding hydrogens is 607 g/mol. The Balaban J connectivity index is 1.26. The van der Waals surface area contributed by atoms with E-state index in [4.69, 9.17) is 23.2 Å². The third-order valence-electron chi connectivity index (χ3n) is 6.83. The Morgan fingerprint density at radius 2 is 1.72 bits per heavy atom. The second kappa shape index (κ2) is 10.2. The Labute approximate surface area is 241 Å². The van der Waals surface area contributed by atoms with Gasteiger partial charge in [0, 0.05) is 15.9 Å². The third-order valence-corrected chi connectivity index (χ3v) is 7.90. The van der Waals surface area contributed by atoms with Gasteiger partial charge < -0.3 is 0 Å². The predicted octanol–water partition coefficient (Wildman–Crippen LogP) is 5.43. The fraction of sp³-hybridized carbons (Fsp3) is 0.185. The van der Waals surface area contributed by atoms with Gasteiger partial charge in [-0.3, -0.25) is 19.4 Å². The Bertz CT molecular complexity index is 1550. The molecule has 0 unspecified atom stereocenters. The number of hydrogen-bond donors (Lipinski definition) is 0. The average Bonchev–Trinajstić information content (AvgIpc) is 3.61. The Hall–Kier alpha value is -3.60. The van der Waals surface area contributed by atoms with Crippen LogP contribution in [0.4, 0.5) is 5.69 Å². The molecular formula is C27H19BrCl2N6O3. The number of hydrogen-bond acceptors (Lipinski definition) is 7. The molecule has 196 valence electrons. The minimum atomic E-state index is -1.07. The van der Waals surface area contributed by atoms with Crippen LogP contribution < -0.4 is 4.90 Å². The lowest BCUT2D eigenvalue weighted by atomic mass is 9.98. The zero-order chi connectivity index (χ0) is 27.3. The maximum absolute atomic E-state index is 13.7. The Morgan fingerprint density at radius 3 is 2.44 bits per heavy atom. The van der Waals surface area contributed by atoms with Gasteiger partial charge in [-0.05, 0) is 41.5 Å². The molecule has 1 fully saturated rings. The van der Waals surface area contributed by atoms with E-state index in [1.165, 1.54) is 22.2 Å². The van der Waals surface area contributed by atoms with E-state index in [0.717, 1.165) is 26.2 Å². The molecule has 3 aromatic carbocycles. The summed E-state index contributed by atoms with van der Waals surface area (Å²) < 4.78 is 0.941. The first kappa shape index (κ1) is 25.7. The fourth-order valence-electron chi connectivity index (χ4n) is 4.96. The van der Waals surface area contributed by atoms with E-state index >= 15 is 0 Å². The monoisotopic (exact) mass is 624 g/mol. The molecule has 9 nitrogen and oxygen atoms in total. The molecule has 3 aliphatic rings. The molecule has 12 heteroatoms. The van der Waals surface area contributed by atoms with Crippen molar-refractivity contribution >= 4 is 68.3 Å². The molecule has 0 aromatic heterocycles. The molecule has 6 rings (SSSR count). The molecule has 0 radical (unpaired) electrons. The number of rotatable bonds is 5. The summed E-state index contributed by atoms with van der Waals surface area (Å²) in [4.78, 5) is 41.1. The van der Waals surface area contributed by atoms with Gasteiger partial charge in [0.25, 0.3) is 17.7 Å². The van der Waals surface area contributed by atoms with Crippen molar-refractivity contribution in [2.45, 2.75) is 24.5 Å². The number of imide groups is 1. The van der Waals surface area contributed by atoms with E-state index < -0.39 is 23.9 Å². The van der Waals surface area contributed by atoms with E-state index in [-0.39, 0.29) is 29.2 Å². The second-order valence-corrected chi connectivity index (χ2v) is 11.0. The van der Waals surface area contributed by atoms with Gasteiger partial charge in [0.1, 0.15) is 6.54 Å². The van der Waals surface area contributed by atoms with Crippen LogP contribution in [-0.4, -0.2) is 52.1 Å². The minimum absolute atomic E-state index is 0.154. The largest absolute Gasteiger partial charge is 0.271 e. The molecule has 39 heavy (non-hydrogen) atoms. The van der Waals surface area contributed by atoms with E-state index in [1.807, 2.05) is 54.6 Å². The van der Waals surface area contributed by atoms with Crippen molar-refractivity contribution in [3.63, 3.8) is 0 Å². The van der Waals surface area contributed by atoms with Crippen molar-refractivity contribution in [1.82, 2.24) is 10.0 Å². The predicted molar refractivity (Wildman–Crippen MR) is 149 cm³/mol. The summed E-state index contributed by atoms with van der Waals surface area (Å²) in [7, 11) is 0. The molecule has 0 saturated carbocycles. The molecule has 3 aromatic rings. The first-order valence-corrected chi connectivity index (χ1v) is 13.6. The van der Waals surface area contributed by atoms with Crippen molar-refractivity contribution < 1.29 is 14.4 Å². The van der Waals surface area contributed by atoms with Gasteiger partial charge >= 0.3 is 0 Å². The molecule has 0 aliphatic carbocycles. The molecule has 3 atom stereocenters. The van der Waals surface area contributed by atoms with Gasteiger partial charge in [-0.2, -0.15) is 10.2 Å². The van der Waals surface area contributed by atoms with Crippen LogP contribution in [-0.2, 0) is 14.4 Å². The zero-order valence-corrected chi connectivity index (χ0v) is 23.2. The molecule has 0 bridgehead atoms. The SMILES string of the molecule is O=C1[C@H]2N=NN(CC(=O)N3N=C(c4ccc(Br)cc4)C[C@@H]3c3ccccc3)[C@@H]2C(=O)N1c1ccc(Cl)cc1Cl. The van der Waals surface area contributed by atoms with Gasteiger partial charge in [-0.15, -0.1) is 0 Å². The topological polar surface area (TPSA) is 98.0 Å². The van der Waals surface area contributed by atoms with Crippen molar-refractivity contribution in [3.8, 4) is 0 Å². The van der Waals surface area contributed by atoms with Crippen molar-refractivity contribution in [2.24, 2.45) is 15.4 Å². The summed E-state index contributed by atoms with van der Waals surface area (Å²) in [6, 6.07) is 19.4. The summed E-state index contributed by atoms with van der Waals surface area (Å²) in [5.41, 5.74) is 2.81. The van der Waals surface area contributed by atoms with Gasteiger partial charge in [-0.25, -0.2) is 9.91 Å². The summed E-state index contributed by atoms with van der Waals surface area (Å²) in [5.74, 6) is -1.50. The van der Waals surface area contributed by atoms with Crippen LogP contribution in [0.1, 0.15) is 23.6 Å². The standard InChI is InChI=1S/C27H19BrCl2N6O3/c28-17-8-6-15(7-9-17)20-13-22(16-4-2-1-3-5-16)36(32-20)23(37)14-34-25-24(31-33-34)26(38)35(27(25)39)21-11-10-18(29)12-19(21)30/h1-12,22,24-25H,13-14H2/t22-,24+,25+/m1/s1. The number of nitrogens with zero attached hydrogens (tertiary/aromatic N) is 6. The third kappa shape index (κ3) is 4.62. The summed E-state index contributed by atoms with van der Waals surface area (Å²) in [6.07, 6.45) is 0.519. The highest BCUT2D eigenvalue weighted by atomic mass is 79.9. The lowest BCUT2D eigenvalue weighted by molar-refractivity contribution is -0.135. The lowest BCUT2D eigenvalue weighted by Gasteiger charge is -2.25.